The maximum absolute atomic E-state index is 9.01. The Hall–Kier alpha value is -5.03. The first-order valence-electron chi connectivity index (χ1n) is 14.9. The molecule has 0 aliphatic rings. The normalized spacial score (nSPS) is 11.2. The zero-order chi connectivity index (χ0) is 31.7. The summed E-state index contributed by atoms with van der Waals surface area (Å²) in [6, 6.07) is 38.7. The van der Waals surface area contributed by atoms with Crippen molar-refractivity contribution in [2.24, 2.45) is 0 Å². The Labute approximate surface area is 301 Å². The van der Waals surface area contributed by atoms with Crippen LogP contribution in [0.4, 0.5) is 0 Å². The molecule has 8 aromatic rings. The Morgan fingerprint density at radius 3 is 1.49 bits per heavy atom. The van der Waals surface area contributed by atoms with Gasteiger partial charge in [-0.3, -0.25) is 0 Å². The molecule has 0 radical (unpaired) electrons. The molecular formula is C37H20N6O2Pt2. The van der Waals surface area contributed by atoms with Crippen molar-refractivity contribution in [1.82, 2.24) is 29.5 Å². The average Bonchev–Trinajstić information content (AvgIpc) is 3.44. The second-order valence-corrected chi connectivity index (χ2v) is 9.77. The van der Waals surface area contributed by atoms with Crippen molar-refractivity contribution >= 4 is 21.8 Å². The molecule has 4 heterocycles. The standard InChI is InChI=1S/C37H20N6O2.2Pt/c1-3-17-39-33(11-1)25-7-5-9-27(19-25)44-29-13-15-31-32-16-14-30(22-36(32)43(35(31)21-29)37-41-23-38-24-42-37)45-28-10-6-8-26(20-28)34-12-2-4-18-40-34;;/h1-18,23-24H;;/q-4;2*+2/i15D,16D;;. The maximum Gasteiger partial charge on any atom is 2.00 e. The second kappa shape index (κ2) is 14.2. The van der Waals surface area contributed by atoms with Crippen LogP contribution in [0.5, 0.6) is 23.0 Å². The van der Waals surface area contributed by atoms with Crippen LogP contribution in [0.25, 0.3) is 50.3 Å². The molecule has 0 spiro atoms. The van der Waals surface area contributed by atoms with Crippen molar-refractivity contribution in [2.75, 3.05) is 0 Å². The van der Waals surface area contributed by atoms with Crippen LogP contribution in [0, 0.1) is 24.3 Å². The first-order valence-corrected chi connectivity index (χ1v) is 13.9. The van der Waals surface area contributed by atoms with E-state index >= 15 is 0 Å². The zero-order valence-corrected chi connectivity index (χ0v) is 28.6. The van der Waals surface area contributed by atoms with Crippen molar-refractivity contribution in [1.29, 1.82) is 0 Å². The number of benzene rings is 4. The third kappa shape index (κ3) is 6.62. The van der Waals surface area contributed by atoms with Crippen molar-refractivity contribution in [2.45, 2.75) is 0 Å². The molecule has 4 aromatic carbocycles. The van der Waals surface area contributed by atoms with Gasteiger partial charge in [0, 0.05) is 38.1 Å². The van der Waals surface area contributed by atoms with Gasteiger partial charge in [-0.15, -0.1) is 71.8 Å². The first-order chi connectivity index (χ1) is 23.1. The molecule has 0 saturated heterocycles. The van der Waals surface area contributed by atoms with Crippen molar-refractivity contribution in [3.63, 3.8) is 0 Å². The van der Waals surface area contributed by atoms with Crippen LogP contribution in [0.2, 0.25) is 0 Å². The number of rotatable bonds is 7. The zero-order valence-electron chi connectivity index (χ0n) is 26.0. The molecule has 0 saturated carbocycles. The largest absolute Gasteiger partial charge is 2.00 e. The summed E-state index contributed by atoms with van der Waals surface area (Å²) < 4.78 is 32.1. The minimum atomic E-state index is 0. The Balaban J connectivity index is 0.00000208. The van der Waals surface area contributed by atoms with Crippen LogP contribution in [-0.4, -0.2) is 29.5 Å². The van der Waals surface area contributed by atoms with E-state index in [4.69, 9.17) is 12.2 Å². The molecule has 230 valence electrons. The molecule has 0 bridgehead atoms. The molecule has 0 unspecified atom stereocenters. The van der Waals surface area contributed by atoms with Gasteiger partial charge in [0.05, 0.1) is 0 Å². The van der Waals surface area contributed by atoms with Crippen LogP contribution >= 0.6 is 0 Å². The molecule has 4 aromatic heterocycles. The Bertz CT molecular complexity index is 2250. The van der Waals surface area contributed by atoms with Crippen LogP contribution in [0.3, 0.4) is 0 Å². The topological polar surface area (TPSA) is 87.8 Å². The predicted molar refractivity (Wildman–Crippen MR) is 169 cm³/mol. The molecule has 0 fully saturated rings. The van der Waals surface area contributed by atoms with Crippen molar-refractivity contribution in [3.8, 4) is 51.5 Å². The van der Waals surface area contributed by atoms with Gasteiger partial charge in [0.2, 0.25) is 5.95 Å². The molecule has 0 atom stereocenters. The molecule has 47 heavy (non-hydrogen) atoms. The van der Waals surface area contributed by atoms with Gasteiger partial charge in [0.25, 0.3) is 0 Å². The summed E-state index contributed by atoms with van der Waals surface area (Å²) in [5, 5.41) is 0.936. The summed E-state index contributed by atoms with van der Waals surface area (Å²) in [5.41, 5.74) is 3.90. The monoisotopic (exact) mass is 972 g/mol. The predicted octanol–water partition coefficient (Wildman–Crippen LogP) is 7.87. The van der Waals surface area contributed by atoms with E-state index in [0.29, 0.717) is 33.3 Å². The number of fused-ring (bicyclic) bond motifs is 3. The van der Waals surface area contributed by atoms with Crippen LogP contribution < -0.4 is 9.47 Å². The van der Waals surface area contributed by atoms with E-state index in [1.807, 2.05) is 60.7 Å². The van der Waals surface area contributed by atoms with Crippen LogP contribution in [-0.2, 0) is 42.1 Å². The molecule has 8 rings (SSSR count). The number of aromatic nitrogens is 6. The maximum atomic E-state index is 9.01. The molecule has 0 aliphatic carbocycles. The van der Waals surface area contributed by atoms with E-state index in [-0.39, 0.29) is 71.7 Å². The summed E-state index contributed by atoms with van der Waals surface area (Å²) in [6.07, 6.45) is 6.19. The number of nitrogens with zero attached hydrogens (tertiary/aromatic N) is 6. The van der Waals surface area contributed by atoms with E-state index in [9.17, 15) is 0 Å². The van der Waals surface area contributed by atoms with E-state index in [1.54, 1.807) is 41.2 Å². The minimum absolute atomic E-state index is 0. The van der Waals surface area contributed by atoms with Gasteiger partial charge in [0.15, 0.2) is 0 Å². The molecule has 0 aliphatic heterocycles. The van der Waals surface area contributed by atoms with Gasteiger partial charge in [0.1, 0.15) is 12.7 Å². The van der Waals surface area contributed by atoms with Crippen LogP contribution in [0.1, 0.15) is 2.74 Å². The van der Waals surface area contributed by atoms with Crippen molar-refractivity contribution in [3.05, 3.63) is 146 Å². The quantitative estimate of drug-likeness (QED) is 0.150. The van der Waals surface area contributed by atoms with Gasteiger partial charge in [-0.05, 0) is 23.5 Å². The first kappa shape index (κ1) is 29.4. The summed E-state index contributed by atoms with van der Waals surface area (Å²) in [5.74, 6) is 1.67. The number of hydrogen-bond donors (Lipinski definition) is 0. The van der Waals surface area contributed by atoms with Gasteiger partial charge < -0.3 is 24.0 Å². The molecule has 8 nitrogen and oxygen atoms in total. The third-order valence-corrected chi connectivity index (χ3v) is 6.89. The second-order valence-electron chi connectivity index (χ2n) is 9.77. The summed E-state index contributed by atoms with van der Waals surface area (Å²) in [6.45, 7) is 0. The van der Waals surface area contributed by atoms with E-state index < -0.39 is 0 Å². The summed E-state index contributed by atoms with van der Waals surface area (Å²) in [7, 11) is 0. The van der Waals surface area contributed by atoms with Gasteiger partial charge >= 0.3 is 42.1 Å². The van der Waals surface area contributed by atoms with Crippen LogP contribution in [0.15, 0.2) is 122 Å². The Kier molecular flexibility index (Phi) is 8.85. The molecular weight excluding hydrogens is 951 g/mol. The number of hydrogen-bond acceptors (Lipinski definition) is 7. The summed E-state index contributed by atoms with van der Waals surface area (Å²) >= 11 is 0. The molecule has 10 heteroatoms. The molecule has 0 amide bonds. The Morgan fingerprint density at radius 2 is 1.02 bits per heavy atom. The van der Waals surface area contributed by atoms with E-state index in [2.05, 4.69) is 49.2 Å². The summed E-state index contributed by atoms with van der Waals surface area (Å²) in [4.78, 5) is 21.5. The fourth-order valence-corrected chi connectivity index (χ4v) is 4.92. The smallest absolute Gasteiger partial charge is 0.503 e. The fraction of sp³-hybridized carbons (Fsp3) is 0. The van der Waals surface area contributed by atoms with Gasteiger partial charge in [-0.2, -0.15) is 22.9 Å². The SMILES string of the molecule is [2H]c1cc(Oc2[c-]c(-c3ccccn3)ccc2)[c-]c2c1c1c([2H])cc(Oc3[c-]c(-c4ccccn4)ccc3)[c-]c1n2-c1ncncn1.[Pt+2].[Pt+2]. The number of ether oxygens (including phenoxy) is 2. The Morgan fingerprint density at radius 1 is 0.532 bits per heavy atom. The average molecular weight is 973 g/mol. The fourth-order valence-electron chi connectivity index (χ4n) is 4.92. The van der Waals surface area contributed by atoms with E-state index in [1.165, 1.54) is 12.7 Å². The minimum Gasteiger partial charge on any atom is -0.503 e. The van der Waals surface area contributed by atoms with Gasteiger partial charge in [-0.1, -0.05) is 47.4 Å². The number of pyridine rings is 2. The van der Waals surface area contributed by atoms with Gasteiger partial charge in [-0.25, -0.2) is 15.0 Å². The third-order valence-electron chi connectivity index (χ3n) is 6.89. The van der Waals surface area contributed by atoms with Crippen molar-refractivity contribution < 1.29 is 54.3 Å². The molecule has 0 N–H and O–H groups in total. The van der Waals surface area contributed by atoms with E-state index in [0.717, 1.165) is 22.5 Å².